The first kappa shape index (κ1) is 13.0. The first-order chi connectivity index (χ1) is 6.07. The molecule has 0 saturated heterocycles. The fraction of sp³-hybridized carbons (Fsp3) is 0.909. The maximum atomic E-state index is 11.5. The first-order valence-corrected chi connectivity index (χ1v) is 6.33. The Balaban J connectivity index is 3.50. The van der Waals surface area contributed by atoms with Gasteiger partial charge in [0.1, 0.15) is 5.78 Å². The van der Waals surface area contributed by atoms with Crippen molar-refractivity contribution in [3.05, 3.63) is 0 Å². The monoisotopic (exact) mass is 202 g/mol. The summed E-state index contributed by atoms with van der Waals surface area (Å²) in [5.74, 6) is 3.20. The fourth-order valence-electron chi connectivity index (χ4n) is 1.13. The third-order valence-corrected chi connectivity index (χ3v) is 3.36. The second kappa shape index (κ2) is 7.43. The minimum Gasteiger partial charge on any atom is -0.298 e. The van der Waals surface area contributed by atoms with Crippen molar-refractivity contribution in [2.45, 2.75) is 40.5 Å². The molecule has 0 heterocycles. The van der Waals surface area contributed by atoms with Crippen LogP contribution in [0.25, 0.3) is 0 Å². The molecule has 0 aliphatic rings. The van der Waals surface area contributed by atoms with Crippen LogP contribution >= 0.6 is 11.8 Å². The molecule has 0 N–H and O–H groups in total. The lowest BCUT2D eigenvalue weighted by Gasteiger charge is -2.09. The summed E-state index contributed by atoms with van der Waals surface area (Å²) < 4.78 is 0. The van der Waals surface area contributed by atoms with E-state index in [1.54, 1.807) is 11.8 Å². The zero-order valence-electron chi connectivity index (χ0n) is 9.30. The Hall–Kier alpha value is 0.0200. The molecular weight excluding hydrogens is 180 g/mol. The fourth-order valence-corrected chi connectivity index (χ4v) is 2.21. The van der Waals surface area contributed by atoms with E-state index in [2.05, 4.69) is 20.8 Å². The van der Waals surface area contributed by atoms with Crippen molar-refractivity contribution >= 4 is 17.5 Å². The van der Waals surface area contributed by atoms with Crippen LogP contribution in [0.3, 0.4) is 0 Å². The summed E-state index contributed by atoms with van der Waals surface area (Å²) in [5.41, 5.74) is 0. The Morgan fingerprint density at radius 1 is 1.31 bits per heavy atom. The Bertz CT molecular complexity index is 143. The van der Waals surface area contributed by atoms with E-state index < -0.39 is 0 Å². The Morgan fingerprint density at radius 3 is 2.38 bits per heavy atom. The molecule has 0 spiro atoms. The Kier molecular flexibility index (Phi) is 7.44. The molecule has 13 heavy (non-hydrogen) atoms. The summed E-state index contributed by atoms with van der Waals surface area (Å²) in [6.45, 7) is 8.55. The molecule has 0 bridgehead atoms. The van der Waals surface area contributed by atoms with Gasteiger partial charge in [0.15, 0.2) is 0 Å². The second-order valence-electron chi connectivity index (χ2n) is 4.07. The molecule has 1 atom stereocenters. The highest BCUT2D eigenvalue weighted by molar-refractivity contribution is 7.99. The summed E-state index contributed by atoms with van der Waals surface area (Å²) in [4.78, 5) is 11.5. The molecule has 0 aromatic heterocycles. The van der Waals surface area contributed by atoms with Gasteiger partial charge < -0.3 is 0 Å². The normalized spacial score (nSPS) is 13.3. The van der Waals surface area contributed by atoms with Gasteiger partial charge in [-0.25, -0.2) is 0 Å². The highest BCUT2D eigenvalue weighted by Crippen LogP contribution is 2.13. The van der Waals surface area contributed by atoms with E-state index in [-0.39, 0.29) is 5.92 Å². The first-order valence-electron chi connectivity index (χ1n) is 5.18. The van der Waals surface area contributed by atoms with Crippen molar-refractivity contribution in [2.24, 2.45) is 11.8 Å². The molecule has 0 amide bonds. The maximum Gasteiger partial charge on any atom is 0.145 e. The minimum atomic E-state index is 0.268. The third kappa shape index (κ3) is 7.12. The van der Waals surface area contributed by atoms with E-state index in [0.29, 0.717) is 17.5 Å². The number of rotatable bonds is 7. The van der Waals surface area contributed by atoms with Gasteiger partial charge in [0.05, 0.1) is 5.75 Å². The van der Waals surface area contributed by atoms with Gasteiger partial charge in [0.25, 0.3) is 0 Å². The highest BCUT2D eigenvalue weighted by atomic mass is 32.2. The third-order valence-electron chi connectivity index (χ3n) is 1.97. The van der Waals surface area contributed by atoms with Gasteiger partial charge in [-0.2, -0.15) is 11.8 Å². The van der Waals surface area contributed by atoms with Gasteiger partial charge in [0, 0.05) is 5.92 Å². The average Bonchev–Trinajstić information content (AvgIpc) is 2.04. The molecule has 0 aliphatic carbocycles. The van der Waals surface area contributed by atoms with E-state index in [1.807, 2.05) is 6.92 Å². The van der Waals surface area contributed by atoms with Crippen molar-refractivity contribution in [3.63, 3.8) is 0 Å². The lowest BCUT2D eigenvalue weighted by atomic mass is 10.0. The van der Waals surface area contributed by atoms with Crippen LogP contribution in [0.2, 0.25) is 0 Å². The molecule has 0 aromatic carbocycles. The predicted octanol–water partition coefficient (Wildman–Crippen LogP) is 3.38. The second-order valence-corrected chi connectivity index (χ2v) is 5.10. The zero-order chi connectivity index (χ0) is 10.3. The van der Waals surface area contributed by atoms with Crippen LogP contribution in [0.4, 0.5) is 0 Å². The van der Waals surface area contributed by atoms with Crippen LogP contribution in [0.15, 0.2) is 0 Å². The van der Waals surface area contributed by atoms with Crippen LogP contribution in [0.5, 0.6) is 0 Å². The number of ketones is 1. The predicted molar refractivity (Wildman–Crippen MR) is 61.2 cm³/mol. The van der Waals surface area contributed by atoms with E-state index in [9.17, 15) is 4.79 Å². The molecule has 0 aliphatic heterocycles. The molecule has 0 saturated carbocycles. The van der Waals surface area contributed by atoms with Crippen molar-refractivity contribution in [1.29, 1.82) is 0 Å². The van der Waals surface area contributed by atoms with Gasteiger partial charge in [0.2, 0.25) is 0 Å². The van der Waals surface area contributed by atoms with E-state index >= 15 is 0 Å². The van der Waals surface area contributed by atoms with E-state index in [1.165, 1.54) is 0 Å². The minimum absolute atomic E-state index is 0.268. The molecule has 0 aromatic rings. The standard InChI is InChI=1S/C11H22OS/c1-5-6-10(4)11(12)8-13-7-9(2)3/h9-10H,5-8H2,1-4H3. The number of thioether (sulfide) groups is 1. The van der Waals surface area contributed by atoms with Gasteiger partial charge in [-0.15, -0.1) is 0 Å². The van der Waals surface area contributed by atoms with Crippen LogP contribution in [-0.4, -0.2) is 17.3 Å². The van der Waals surface area contributed by atoms with E-state index in [0.717, 1.165) is 18.6 Å². The van der Waals surface area contributed by atoms with Gasteiger partial charge in [-0.05, 0) is 18.1 Å². The summed E-state index contributed by atoms with van der Waals surface area (Å²) in [6.07, 6.45) is 2.16. The molecule has 1 unspecified atom stereocenters. The maximum absolute atomic E-state index is 11.5. The topological polar surface area (TPSA) is 17.1 Å². The lowest BCUT2D eigenvalue weighted by molar-refractivity contribution is -0.120. The van der Waals surface area contributed by atoms with Crippen molar-refractivity contribution < 1.29 is 4.79 Å². The number of hydrogen-bond acceptors (Lipinski definition) is 2. The molecule has 0 fully saturated rings. The molecular formula is C11H22OS. The number of carbonyl (C=O) groups excluding carboxylic acids is 1. The average molecular weight is 202 g/mol. The van der Waals surface area contributed by atoms with Crippen LogP contribution in [-0.2, 0) is 4.79 Å². The molecule has 78 valence electrons. The molecule has 0 radical (unpaired) electrons. The summed E-state index contributed by atoms with van der Waals surface area (Å²) in [7, 11) is 0. The van der Waals surface area contributed by atoms with Crippen molar-refractivity contribution in [1.82, 2.24) is 0 Å². The smallest absolute Gasteiger partial charge is 0.145 e. The SMILES string of the molecule is CCCC(C)C(=O)CSCC(C)C. The summed E-state index contributed by atoms with van der Waals surface area (Å²) in [6, 6.07) is 0. The van der Waals surface area contributed by atoms with Gasteiger partial charge in [-0.3, -0.25) is 4.79 Å². The summed E-state index contributed by atoms with van der Waals surface area (Å²) in [5, 5.41) is 0. The van der Waals surface area contributed by atoms with Crippen molar-refractivity contribution in [3.8, 4) is 0 Å². The van der Waals surface area contributed by atoms with Crippen LogP contribution < -0.4 is 0 Å². The number of hydrogen-bond donors (Lipinski definition) is 0. The number of carbonyl (C=O) groups is 1. The number of Topliss-reactive ketones (excluding diaryl/α,β-unsaturated/α-hetero) is 1. The lowest BCUT2D eigenvalue weighted by Crippen LogP contribution is -2.13. The van der Waals surface area contributed by atoms with Crippen LogP contribution in [0.1, 0.15) is 40.5 Å². The largest absolute Gasteiger partial charge is 0.298 e. The van der Waals surface area contributed by atoms with E-state index in [4.69, 9.17) is 0 Å². The van der Waals surface area contributed by atoms with Crippen LogP contribution in [0, 0.1) is 11.8 Å². The van der Waals surface area contributed by atoms with Gasteiger partial charge >= 0.3 is 0 Å². The van der Waals surface area contributed by atoms with Crippen molar-refractivity contribution in [2.75, 3.05) is 11.5 Å². The highest BCUT2D eigenvalue weighted by Gasteiger charge is 2.11. The Morgan fingerprint density at radius 2 is 1.92 bits per heavy atom. The molecule has 1 nitrogen and oxygen atoms in total. The molecule has 2 heteroatoms. The van der Waals surface area contributed by atoms with Gasteiger partial charge in [-0.1, -0.05) is 34.1 Å². The molecule has 0 rings (SSSR count). The summed E-state index contributed by atoms with van der Waals surface area (Å²) >= 11 is 1.77. The Labute approximate surface area is 86.7 Å². The quantitative estimate of drug-likeness (QED) is 0.629. The zero-order valence-corrected chi connectivity index (χ0v) is 10.1.